The van der Waals surface area contributed by atoms with E-state index in [9.17, 15) is 14.4 Å². The lowest BCUT2D eigenvalue weighted by atomic mass is 10.1. The zero-order chi connectivity index (χ0) is 41.5. The largest absolute Gasteiger partial charge is 0.462 e. The predicted molar refractivity (Wildman–Crippen MR) is 242 cm³/mol. The Balaban J connectivity index is 4.47. The van der Waals surface area contributed by atoms with Crippen LogP contribution < -0.4 is 0 Å². The normalized spacial score (nSPS) is 12.8. The summed E-state index contributed by atoms with van der Waals surface area (Å²) >= 11 is 0. The van der Waals surface area contributed by atoms with Crippen molar-refractivity contribution in [2.24, 2.45) is 0 Å². The molecule has 0 aromatic carbocycles. The van der Waals surface area contributed by atoms with Gasteiger partial charge in [0.1, 0.15) is 13.2 Å². The van der Waals surface area contributed by atoms with E-state index < -0.39 is 6.10 Å². The molecule has 0 rings (SSSR count). The number of carbonyl (C=O) groups is 3. The minimum Gasteiger partial charge on any atom is -0.462 e. The summed E-state index contributed by atoms with van der Waals surface area (Å²) in [6.45, 7) is 6.37. The zero-order valence-electron chi connectivity index (χ0n) is 36.8. The van der Waals surface area contributed by atoms with E-state index in [1.807, 2.05) is 0 Å². The number of unbranched alkanes of at least 4 members (excludes halogenated alkanes) is 15. The molecule has 1 unspecified atom stereocenters. The van der Waals surface area contributed by atoms with E-state index in [1.54, 1.807) is 0 Å². The molecule has 0 N–H and O–H groups in total. The maximum absolute atomic E-state index is 12.7. The van der Waals surface area contributed by atoms with Gasteiger partial charge < -0.3 is 14.2 Å². The molecule has 6 heteroatoms. The SMILES string of the molecule is CC/C=C\C/C=C\C/C=C\C/C=C\C/C=C\CCCC(=O)OCC(COC(=O)CCCCCCCCCC)OC(=O)CCCCCCC/C=C\C/C=C\CCCC. The summed E-state index contributed by atoms with van der Waals surface area (Å²) in [4.78, 5) is 37.7. The first-order valence-corrected chi connectivity index (χ1v) is 23.1. The smallest absolute Gasteiger partial charge is 0.306 e. The molecule has 57 heavy (non-hydrogen) atoms. The van der Waals surface area contributed by atoms with Crippen LogP contribution in [0, 0.1) is 0 Å². The maximum Gasteiger partial charge on any atom is 0.306 e. The van der Waals surface area contributed by atoms with Gasteiger partial charge in [-0.3, -0.25) is 14.4 Å². The molecule has 0 aromatic heterocycles. The summed E-state index contributed by atoms with van der Waals surface area (Å²) in [5.41, 5.74) is 0. The fraction of sp³-hybridized carbons (Fsp3) is 0.667. The minimum absolute atomic E-state index is 0.100. The van der Waals surface area contributed by atoms with E-state index >= 15 is 0 Å². The van der Waals surface area contributed by atoms with Gasteiger partial charge in [-0.05, 0) is 83.5 Å². The van der Waals surface area contributed by atoms with Crippen molar-refractivity contribution in [1.29, 1.82) is 0 Å². The molecule has 0 aromatic rings. The summed E-state index contributed by atoms with van der Waals surface area (Å²) in [5, 5.41) is 0. The molecule has 0 heterocycles. The summed E-state index contributed by atoms with van der Waals surface area (Å²) in [6, 6.07) is 0. The number of rotatable bonds is 40. The Bertz CT molecular complexity index is 1140. The Kier molecular flexibility index (Phi) is 42.6. The Morgan fingerprint density at radius 2 is 0.719 bits per heavy atom. The second-order valence-corrected chi connectivity index (χ2v) is 14.9. The van der Waals surface area contributed by atoms with Crippen molar-refractivity contribution in [2.45, 2.75) is 207 Å². The fourth-order valence-electron chi connectivity index (χ4n) is 5.90. The molecule has 0 aliphatic heterocycles. The van der Waals surface area contributed by atoms with Crippen LogP contribution in [0.5, 0.6) is 0 Å². The standard InChI is InChI=1S/C51H84O6/c1-4-7-10-13-16-19-21-23-25-26-27-29-30-32-35-38-41-44-50(53)56-47-48(46-55-49(52)43-40-37-34-18-15-12-9-6-3)57-51(54)45-42-39-36-33-31-28-24-22-20-17-14-11-8-5-2/h7,10,14,16-17,19,22-25,27,29,32,35,48H,4-6,8-9,11-13,15,18,20-21,26,28,30-31,33-34,36-47H2,1-3H3/b10-7-,17-14-,19-16-,24-22-,25-23-,29-27-,35-32-. The van der Waals surface area contributed by atoms with Gasteiger partial charge in [0.2, 0.25) is 0 Å². The average Bonchev–Trinajstić information content (AvgIpc) is 3.21. The second-order valence-electron chi connectivity index (χ2n) is 14.9. The second kappa shape index (κ2) is 45.3. The minimum atomic E-state index is -0.803. The third-order valence-electron chi connectivity index (χ3n) is 9.38. The van der Waals surface area contributed by atoms with Crippen molar-refractivity contribution in [3.05, 3.63) is 85.1 Å². The maximum atomic E-state index is 12.7. The molecular formula is C51H84O6. The Labute approximate surface area is 350 Å². The number of ether oxygens (including phenoxy) is 3. The first-order valence-electron chi connectivity index (χ1n) is 23.1. The highest BCUT2D eigenvalue weighted by Crippen LogP contribution is 2.12. The zero-order valence-corrected chi connectivity index (χ0v) is 36.8. The Morgan fingerprint density at radius 1 is 0.368 bits per heavy atom. The van der Waals surface area contributed by atoms with Gasteiger partial charge in [0.05, 0.1) is 0 Å². The lowest BCUT2D eigenvalue weighted by molar-refractivity contribution is -0.167. The number of carbonyl (C=O) groups excluding carboxylic acids is 3. The van der Waals surface area contributed by atoms with Gasteiger partial charge in [-0.15, -0.1) is 0 Å². The number of allylic oxidation sites excluding steroid dienone is 14. The Hall–Kier alpha value is -3.41. The van der Waals surface area contributed by atoms with Crippen LogP contribution in [0.25, 0.3) is 0 Å². The van der Waals surface area contributed by atoms with E-state index in [4.69, 9.17) is 14.2 Å². The monoisotopic (exact) mass is 793 g/mol. The highest BCUT2D eigenvalue weighted by atomic mass is 16.6. The molecule has 0 saturated heterocycles. The van der Waals surface area contributed by atoms with Crippen LogP contribution in [-0.4, -0.2) is 37.2 Å². The van der Waals surface area contributed by atoms with Crippen molar-refractivity contribution >= 4 is 17.9 Å². The van der Waals surface area contributed by atoms with Crippen LogP contribution >= 0.6 is 0 Å². The van der Waals surface area contributed by atoms with Gasteiger partial charge in [0, 0.05) is 19.3 Å². The summed E-state index contributed by atoms with van der Waals surface area (Å²) in [6.07, 6.45) is 57.2. The summed E-state index contributed by atoms with van der Waals surface area (Å²) in [5.74, 6) is -0.987. The Morgan fingerprint density at radius 3 is 1.19 bits per heavy atom. The molecule has 0 radical (unpaired) electrons. The third kappa shape index (κ3) is 43.6. The predicted octanol–water partition coefficient (Wildman–Crippen LogP) is 14.9. The molecule has 1 atom stereocenters. The summed E-state index contributed by atoms with van der Waals surface area (Å²) < 4.78 is 16.6. The molecule has 0 spiro atoms. The van der Waals surface area contributed by atoms with Crippen LogP contribution in [0.3, 0.4) is 0 Å². The molecule has 0 bridgehead atoms. The topological polar surface area (TPSA) is 78.9 Å². The number of hydrogen-bond acceptors (Lipinski definition) is 6. The van der Waals surface area contributed by atoms with Crippen molar-refractivity contribution in [3.63, 3.8) is 0 Å². The van der Waals surface area contributed by atoms with Crippen molar-refractivity contribution in [1.82, 2.24) is 0 Å². The van der Waals surface area contributed by atoms with E-state index in [1.165, 1.54) is 51.4 Å². The highest BCUT2D eigenvalue weighted by molar-refractivity contribution is 5.71. The molecule has 324 valence electrons. The van der Waals surface area contributed by atoms with Gasteiger partial charge in [-0.2, -0.15) is 0 Å². The first kappa shape index (κ1) is 53.6. The molecule has 0 fully saturated rings. The average molecular weight is 793 g/mol. The van der Waals surface area contributed by atoms with Gasteiger partial charge in [0.25, 0.3) is 0 Å². The van der Waals surface area contributed by atoms with Gasteiger partial charge in [0.15, 0.2) is 6.10 Å². The van der Waals surface area contributed by atoms with Gasteiger partial charge >= 0.3 is 17.9 Å². The van der Waals surface area contributed by atoms with E-state index in [0.29, 0.717) is 19.3 Å². The molecular weight excluding hydrogens is 709 g/mol. The van der Waals surface area contributed by atoms with Gasteiger partial charge in [-0.25, -0.2) is 0 Å². The van der Waals surface area contributed by atoms with Crippen LogP contribution in [0.1, 0.15) is 201 Å². The van der Waals surface area contributed by atoms with Crippen LogP contribution in [0.4, 0.5) is 0 Å². The molecule has 6 nitrogen and oxygen atoms in total. The van der Waals surface area contributed by atoms with E-state index in [0.717, 1.165) is 103 Å². The van der Waals surface area contributed by atoms with E-state index in [2.05, 4.69) is 106 Å². The highest BCUT2D eigenvalue weighted by Gasteiger charge is 2.19. The van der Waals surface area contributed by atoms with Crippen LogP contribution in [0.15, 0.2) is 85.1 Å². The van der Waals surface area contributed by atoms with Gasteiger partial charge in [-0.1, -0.05) is 183 Å². The number of esters is 3. The third-order valence-corrected chi connectivity index (χ3v) is 9.38. The molecule has 0 amide bonds. The van der Waals surface area contributed by atoms with Crippen LogP contribution in [0.2, 0.25) is 0 Å². The lowest BCUT2D eigenvalue weighted by Crippen LogP contribution is -2.30. The van der Waals surface area contributed by atoms with Crippen molar-refractivity contribution in [2.75, 3.05) is 13.2 Å². The first-order chi connectivity index (χ1) is 28.0. The number of hydrogen-bond donors (Lipinski definition) is 0. The fourth-order valence-corrected chi connectivity index (χ4v) is 5.90. The van der Waals surface area contributed by atoms with E-state index in [-0.39, 0.29) is 37.5 Å². The molecule has 0 aliphatic rings. The molecule has 0 aliphatic carbocycles. The van der Waals surface area contributed by atoms with Crippen LogP contribution in [-0.2, 0) is 28.6 Å². The molecule has 0 saturated carbocycles. The van der Waals surface area contributed by atoms with Crippen molar-refractivity contribution < 1.29 is 28.6 Å². The lowest BCUT2D eigenvalue weighted by Gasteiger charge is -2.18. The quantitative estimate of drug-likeness (QED) is 0.0266. The summed E-state index contributed by atoms with van der Waals surface area (Å²) in [7, 11) is 0. The van der Waals surface area contributed by atoms with Crippen molar-refractivity contribution in [3.8, 4) is 0 Å².